The Labute approximate surface area is 162 Å². The summed E-state index contributed by atoms with van der Waals surface area (Å²) in [5, 5.41) is 13.8. The topological polar surface area (TPSA) is 107 Å². The predicted molar refractivity (Wildman–Crippen MR) is 107 cm³/mol. The summed E-state index contributed by atoms with van der Waals surface area (Å²) < 4.78 is 5.95. The molecule has 0 saturated heterocycles. The van der Waals surface area contributed by atoms with Crippen LogP contribution in [0.25, 0.3) is 5.82 Å². The molecule has 8 nitrogen and oxygen atoms in total. The maximum atomic E-state index is 6.35. The number of hydrogen-bond acceptors (Lipinski definition) is 8. The van der Waals surface area contributed by atoms with Crippen molar-refractivity contribution in [2.45, 2.75) is 52.4 Å². The Morgan fingerprint density at radius 2 is 1.78 bits per heavy atom. The van der Waals surface area contributed by atoms with Gasteiger partial charge in [-0.1, -0.05) is 47.6 Å². The quantitative estimate of drug-likeness (QED) is 0.658. The van der Waals surface area contributed by atoms with Crippen LogP contribution in [0.3, 0.4) is 0 Å². The van der Waals surface area contributed by atoms with E-state index in [1.807, 2.05) is 18.2 Å². The fraction of sp³-hybridized carbons (Fsp3) is 0.444. The van der Waals surface area contributed by atoms with Gasteiger partial charge in [0, 0.05) is 28.6 Å². The lowest BCUT2D eigenvalue weighted by molar-refractivity contribution is 0.555. The first-order valence-corrected chi connectivity index (χ1v) is 9.41. The average molecular weight is 385 g/mol. The monoisotopic (exact) mass is 384 g/mol. The van der Waals surface area contributed by atoms with Gasteiger partial charge in [0.1, 0.15) is 5.82 Å². The molecule has 3 heterocycles. The predicted octanol–water partition coefficient (Wildman–Crippen LogP) is 4.71. The lowest BCUT2D eigenvalue weighted by Crippen LogP contribution is -2.13. The van der Waals surface area contributed by atoms with Crippen LogP contribution in [-0.4, -0.2) is 24.1 Å². The number of rotatable bonds is 3. The molecular formula is C18H24N8S. The number of nitrogens with zero attached hydrogens (tertiary/aromatic N) is 7. The van der Waals surface area contributed by atoms with Crippen molar-refractivity contribution in [2.24, 2.45) is 10.2 Å². The summed E-state index contributed by atoms with van der Waals surface area (Å²) >= 11 is 1.22. The molecule has 0 bridgehead atoms. The highest BCUT2D eigenvalue weighted by Crippen LogP contribution is 2.37. The number of nitrogen functional groups attached to an aromatic ring is 1. The van der Waals surface area contributed by atoms with E-state index in [4.69, 9.17) is 5.73 Å². The first-order valence-electron chi connectivity index (χ1n) is 8.63. The number of hydrogen-bond donors (Lipinski definition) is 1. The van der Waals surface area contributed by atoms with E-state index in [2.05, 4.69) is 71.2 Å². The zero-order chi connectivity index (χ0) is 19.8. The molecule has 2 N–H and O–H groups in total. The molecule has 0 aliphatic carbocycles. The number of aromatic nitrogens is 5. The fourth-order valence-electron chi connectivity index (χ4n) is 2.33. The van der Waals surface area contributed by atoms with Gasteiger partial charge in [-0.15, -0.1) is 10.2 Å². The van der Waals surface area contributed by atoms with Crippen molar-refractivity contribution in [2.75, 3.05) is 5.73 Å². The second-order valence-corrected chi connectivity index (χ2v) is 9.01. The van der Waals surface area contributed by atoms with E-state index in [9.17, 15) is 0 Å². The molecule has 0 spiro atoms. The van der Waals surface area contributed by atoms with Crippen LogP contribution in [0, 0.1) is 0 Å². The van der Waals surface area contributed by atoms with E-state index in [0.717, 1.165) is 11.5 Å². The molecule has 142 valence electrons. The van der Waals surface area contributed by atoms with Gasteiger partial charge in [-0.3, -0.25) is 0 Å². The first kappa shape index (κ1) is 19.1. The van der Waals surface area contributed by atoms with E-state index in [0.29, 0.717) is 22.5 Å². The van der Waals surface area contributed by atoms with Crippen molar-refractivity contribution in [3.8, 4) is 5.82 Å². The number of pyridine rings is 1. The molecule has 0 aliphatic rings. The SMILES string of the molecule is CC(C)(C)c1nsc(N=Nc2c(C(C)(C)C)nn(-c3ccccn3)c2N)n1. The van der Waals surface area contributed by atoms with Crippen molar-refractivity contribution in [1.82, 2.24) is 24.1 Å². The molecule has 0 atom stereocenters. The van der Waals surface area contributed by atoms with E-state index in [1.54, 1.807) is 10.9 Å². The molecule has 9 heteroatoms. The van der Waals surface area contributed by atoms with E-state index < -0.39 is 0 Å². The average Bonchev–Trinajstić information content (AvgIpc) is 3.18. The van der Waals surface area contributed by atoms with E-state index in [-0.39, 0.29) is 10.8 Å². The minimum atomic E-state index is -0.264. The molecule has 0 radical (unpaired) electrons. The third kappa shape index (κ3) is 4.02. The van der Waals surface area contributed by atoms with Crippen molar-refractivity contribution in [3.63, 3.8) is 0 Å². The zero-order valence-corrected chi connectivity index (χ0v) is 17.2. The van der Waals surface area contributed by atoms with Gasteiger partial charge < -0.3 is 5.73 Å². The number of anilines is 1. The maximum Gasteiger partial charge on any atom is 0.249 e. The van der Waals surface area contributed by atoms with Crippen LogP contribution in [-0.2, 0) is 10.8 Å². The van der Waals surface area contributed by atoms with Gasteiger partial charge in [0.15, 0.2) is 17.3 Å². The summed E-state index contributed by atoms with van der Waals surface area (Å²) in [7, 11) is 0. The summed E-state index contributed by atoms with van der Waals surface area (Å²) in [4.78, 5) is 8.77. The number of nitrogens with two attached hydrogens (primary N) is 1. The lowest BCUT2D eigenvalue weighted by atomic mass is 9.91. The van der Waals surface area contributed by atoms with Gasteiger partial charge in [-0.25, -0.2) is 4.98 Å². The fourth-order valence-corrected chi connectivity index (χ4v) is 3.02. The van der Waals surface area contributed by atoms with Gasteiger partial charge in [-0.2, -0.15) is 19.1 Å². The third-order valence-corrected chi connectivity index (χ3v) is 4.39. The van der Waals surface area contributed by atoms with Crippen LogP contribution in [0.2, 0.25) is 0 Å². The van der Waals surface area contributed by atoms with E-state index in [1.165, 1.54) is 11.5 Å². The summed E-state index contributed by atoms with van der Waals surface area (Å²) in [6, 6.07) is 5.57. The second kappa shape index (κ2) is 6.80. The standard InChI is InChI=1S/C18H24N8S/c1-17(2,3)13-12(14(19)26(24-13)11-9-7-8-10-20-11)22-23-16-21-15(25-27-16)18(4,5)6/h7-10H,19H2,1-6H3. The highest BCUT2D eigenvalue weighted by molar-refractivity contribution is 7.09. The van der Waals surface area contributed by atoms with Crippen LogP contribution in [0.4, 0.5) is 16.6 Å². The summed E-state index contributed by atoms with van der Waals surface area (Å²) in [6.07, 6.45) is 1.70. The van der Waals surface area contributed by atoms with Crippen LogP contribution in [0.1, 0.15) is 53.1 Å². The number of azo groups is 1. The van der Waals surface area contributed by atoms with Crippen LogP contribution in [0.15, 0.2) is 34.6 Å². The van der Waals surface area contributed by atoms with Gasteiger partial charge in [0.25, 0.3) is 0 Å². The Bertz CT molecular complexity index is 958. The van der Waals surface area contributed by atoms with Gasteiger partial charge in [0.2, 0.25) is 5.13 Å². The largest absolute Gasteiger partial charge is 0.382 e. The molecule has 0 aromatic carbocycles. The molecule has 27 heavy (non-hydrogen) atoms. The molecular weight excluding hydrogens is 360 g/mol. The Hall–Kier alpha value is -2.68. The summed E-state index contributed by atoms with van der Waals surface area (Å²) in [5.74, 6) is 1.77. The molecule has 0 unspecified atom stereocenters. The summed E-state index contributed by atoms with van der Waals surface area (Å²) in [6.45, 7) is 12.3. The molecule has 0 saturated carbocycles. The van der Waals surface area contributed by atoms with Crippen molar-refractivity contribution >= 4 is 28.2 Å². The Morgan fingerprint density at radius 3 is 2.33 bits per heavy atom. The van der Waals surface area contributed by atoms with Crippen molar-refractivity contribution < 1.29 is 0 Å². The van der Waals surface area contributed by atoms with Crippen molar-refractivity contribution in [3.05, 3.63) is 35.9 Å². The summed E-state index contributed by atoms with van der Waals surface area (Å²) in [5.41, 5.74) is 7.22. The minimum Gasteiger partial charge on any atom is -0.382 e. The molecule has 3 aromatic rings. The molecule has 0 amide bonds. The third-order valence-electron chi connectivity index (χ3n) is 3.79. The molecule has 0 aliphatic heterocycles. The normalized spacial score (nSPS) is 12.8. The van der Waals surface area contributed by atoms with Crippen molar-refractivity contribution in [1.29, 1.82) is 0 Å². The molecule has 3 aromatic heterocycles. The highest BCUT2D eigenvalue weighted by Gasteiger charge is 2.27. The van der Waals surface area contributed by atoms with Crippen LogP contribution in [0.5, 0.6) is 0 Å². The van der Waals surface area contributed by atoms with E-state index >= 15 is 0 Å². The van der Waals surface area contributed by atoms with Gasteiger partial charge >= 0.3 is 0 Å². The maximum absolute atomic E-state index is 6.35. The molecule has 0 fully saturated rings. The smallest absolute Gasteiger partial charge is 0.249 e. The Morgan fingerprint density at radius 1 is 1.04 bits per heavy atom. The van der Waals surface area contributed by atoms with Gasteiger partial charge in [0.05, 0.1) is 5.69 Å². The lowest BCUT2D eigenvalue weighted by Gasteiger charge is -2.15. The van der Waals surface area contributed by atoms with Crippen LogP contribution >= 0.6 is 11.5 Å². The highest BCUT2D eigenvalue weighted by atomic mass is 32.1. The van der Waals surface area contributed by atoms with Gasteiger partial charge in [-0.05, 0) is 12.1 Å². The van der Waals surface area contributed by atoms with Crippen LogP contribution < -0.4 is 5.73 Å². The second-order valence-electron chi connectivity index (χ2n) is 8.28. The Balaban J connectivity index is 2.04. The minimum absolute atomic E-state index is 0.135. The first-order chi connectivity index (χ1) is 12.6. The Kier molecular flexibility index (Phi) is 4.81. The molecule has 3 rings (SSSR count). The zero-order valence-electron chi connectivity index (χ0n) is 16.4.